The number of halogens is 5. The maximum atomic E-state index is 15.0. The Morgan fingerprint density at radius 1 is 1.18 bits per heavy atom. The van der Waals surface area contributed by atoms with Gasteiger partial charge >= 0.3 is 5.51 Å². The molecule has 0 saturated heterocycles. The molecule has 0 saturated carbocycles. The van der Waals surface area contributed by atoms with Gasteiger partial charge in [-0.05, 0) is 42.8 Å². The summed E-state index contributed by atoms with van der Waals surface area (Å²) < 4.78 is 96.5. The Labute approximate surface area is 157 Å². The van der Waals surface area contributed by atoms with Crippen LogP contribution < -0.4 is 4.74 Å². The molecule has 2 unspecified atom stereocenters. The zero-order valence-corrected chi connectivity index (χ0v) is 15.2. The first kappa shape index (κ1) is 20.5. The first-order valence-electron chi connectivity index (χ1n) is 8.18. The zero-order valence-electron chi connectivity index (χ0n) is 14.4. The van der Waals surface area contributed by atoms with Crippen LogP contribution in [0.1, 0.15) is 30.6 Å². The van der Waals surface area contributed by atoms with Gasteiger partial charge in [0.05, 0.1) is 4.90 Å². The molecule has 0 aromatic heterocycles. The molecule has 0 spiro atoms. The second-order valence-electron chi connectivity index (χ2n) is 6.43. The minimum atomic E-state index is -5.82. The third-order valence-corrected chi connectivity index (χ3v) is 6.28. The molecule has 0 fully saturated rings. The molecule has 0 heterocycles. The van der Waals surface area contributed by atoms with Gasteiger partial charge in [-0.15, -0.1) is 0 Å². The number of alkyl halides is 4. The fourth-order valence-electron chi connectivity index (χ4n) is 3.16. The van der Waals surface area contributed by atoms with Crippen LogP contribution in [0.15, 0.2) is 41.3 Å². The third-order valence-electron chi connectivity index (χ3n) is 4.73. The molecule has 1 aliphatic carbocycles. The molecule has 0 aliphatic heterocycles. The predicted octanol–water partition coefficient (Wildman–Crippen LogP) is 4.62. The monoisotopic (exact) mass is 422 g/mol. The first-order valence-corrected chi connectivity index (χ1v) is 9.66. The summed E-state index contributed by atoms with van der Waals surface area (Å²) in [7, 11) is -5.82. The van der Waals surface area contributed by atoms with Gasteiger partial charge in [0.2, 0.25) is 0 Å². The lowest BCUT2D eigenvalue weighted by atomic mass is 9.97. The van der Waals surface area contributed by atoms with Gasteiger partial charge in [-0.2, -0.15) is 13.2 Å². The van der Waals surface area contributed by atoms with Crippen LogP contribution in [0.3, 0.4) is 0 Å². The van der Waals surface area contributed by atoms with Crippen molar-refractivity contribution in [2.24, 2.45) is 0 Å². The van der Waals surface area contributed by atoms with Crippen molar-refractivity contribution in [3.63, 3.8) is 0 Å². The van der Waals surface area contributed by atoms with Crippen LogP contribution in [0.5, 0.6) is 11.5 Å². The Balaban J connectivity index is 2.18. The number of aliphatic hydroxyl groups is 1. The highest BCUT2D eigenvalue weighted by Crippen LogP contribution is 2.51. The Kier molecular flexibility index (Phi) is 4.91. The van der Waals surface area contributed by atoms with Gasteiger partial charge in [-0.3, -0.25) is 0 Å². The Hall–Kier alpha value is -2.20. The molecule has 2 aromatic rings. The van der Waals surface area contributed by atoms with E-state index in [1.165, 1.54) is 19.1 Å². The van der Waals surface area contributed by atoms with Crippen LogP contribution in [-0.4, -0.2) is 24.7 Å². The van der Waals surface area contributed by atoms with E-state index in [1.807, 2.05) is 0 Å². The van der Waals surface area contributed by atoms with Gasteiger partial charge in [0, 0.05) is 17.5 Å². The number of aliphatic hydroxyl groups excluding tert-OH is 1. The molecule has 10 heteroatoms. The van der Waals surface area contributed by atoms with Gasteiger partial charge in [-0.1, -0.05) is 6.92 Å². The first-order chi connectivity index (χ1) is 12.9. The van der Waals surface area contributed by atoms with E-state index in [0.29, 0.717) is 6.07 Å². The minimum Gasteiger partial charge on any atom is -0.457 e. The molecule has 2 aromatic carbocycles. The zero-order chi connectivity index (χ0) is 20.9. The van der Waals surface area contributed by atoms with Crippen LogP contribution in [-0.2, 0) is 16.3 Å². The van der Waals surface area contributed by atoms with Gasteiger partial charge in [0.1, 0.15) is 29.1 Å². The minimum absolute atomic E-state index is 0.109. The fraction of sp³-hybridized carbons (Fsp3) is 0.333. The maximum Gasteiger partial charge on any atom is 0.501 e. The van der Waals surface area contributed by atoms with Crippen molar-refractivity contribution in [1.29, 1.82) is 0 Å². The van der Waals surface area contributed by atoms with Crippen molar-refractivity contribution in [2.75, 3.05) is 0 Å². The third kappa shape index (κ3) is 3.24. The van der Waals surface area contributed by atoms with E-state index in [0.717, 1.165) is 18.2 Å². The average Bonchev–Trinajstić information content (AvgIpc) is 2.89. The largest absolute Gasteiger partial charge is 0.501 e. The van der Waals surface area contributed by atoms with Crippen LogP contribution in [0.25, 0.3) is 0 Å². The summed E-state index contributed by atoms with van der Waals surface area (Å²) in [6.07, 6.45) is -2.86. The molecule has 1 N–H and O–H groups in total. The number of hydrogen-bond donors (Lipinski definition) is 1. The van der Waals surface area contributed by atoms with Gasteiger partial charge in [0.15, 0.2) is 0 Å². The summed E-state index contributed by atoms with van der Waals surface area (Å²) in [5.41, 5.74) is -8.80. The SMILES string of the molecule is CCC1(F)Cc2c(Oc3ccc(F)cc3)ccc(S(=O)(=O)C(F)(F)F)c2C1O. The van der Waals surface area contributed by atoms with Gasteiger partial charge < -0.3 is 9.84 Å². The van der Waals surface area contributed by atoms with Crippen molar-refractivity contribution in [1.82, 2.24) is 0 Å². The smallest absolute Gasteiger partial charge is 0.457 e. The molecule has 28 heavy (non-hydrogen) atoms. The van der Waals surface area contributed by atoms with Crippen LogP contribution in [0, 0.1) is 5.82 Å². The molecule has 4 nitrogen and oxygen atoms in total. The summed E-state index contributed by atoms with van der Waals surface area (Å²) in [4.78, 5) is -1.21. The van der Waals surface area contributed by atoms with Crippen molar-refractivity contribution in [3.05, 3.63) is 53.3 Å². The summed E-state index contributed by atoms with van der Waals surface area (Å²) in [5, 5.41) is 10.3. The van der Waals surface area contributed by atoms with Crippen molar-refractivity contribution in [2.45, 2.75) is 41.9 Å². The number of sulfone groups is 1. The summed E-state index contributed by atoms with van der Waals surface area (Å²) in [5.74, 6) is -0.555. The normalized spacial score (nSPS) is 22.2. The Morgan fingerprint density at radius 2 is 1.79 bits per heavy atom. The number of benzene rings is 2. The van der Waals surface area contributed by atoms with E-state index < -0.39 is 49.8 Å². The quantitative estimate of drug-likeness (QED) is 0.731. The Morgan fingerprint density at radius 3 is 2.32 bits per heavy atom. The highest BCUT2D eigenvalue weighted by atomic mass is 32.2. The molecule has 0 radical (unpaired) electrons. The molecule has 0 bridgehead atoms. The number of hydrogen-bond acceptors (Lipinski definition) is 4. The molecular weight excluding hydrogens is 407 g/mol. The fourth-order valence-corrected chi connectivity index (χ4v) is 4.18. The van der Waals surface area contributed by atoms with Crippen molar-refractivity contribution in [3.8, 4) is 11.5 Å². The summed E-state index contributed by atoms with van der Waals surface area (Å²) in [6.45, 7) is 1.38. The highest BCUT2D eigenvalue weighted by molar-refractivity contribution is 7.92. The van der Waals surface area contributed by atoms with Crippen LogP contribution >= 0.6 is 0 Å². The summed E-state index contributed by atoms with van der Waals surface area (Å²) >= 11 is 0. The molecule has 1 aliphatic rings. The van der Waals surface area contributed by atoms with Gasteiger partial charge in [0.25, 0.3) is 9.84 Å². The second-order valence-corrected chi connectivity index (χ2v) is 8.34. The van der Waals surface area contributed by atoms with E-state index in [-0.39, 0.29) is 23.5 Å². The lowest BCUT2D eigenvalue weighted by Gasteiger charge is -2.22. The second kappa shape index (κ2) is 6.70. The van der Waals surface area contributed by atoms with E-state index >= 15 is 4.39 Å². The Bertz CT molecular complexity index is 1000. The average molecular weight is 422 g/mol. The maximum absolute atomic E-state index is 15.0. The standard InChI is InChI=1S/C18H15F5O4S/c1-2-17(20)9-12-13(27-11-5-3-10(19)4-6-11)7-8-14(15(12)16(17)24)28(25,26)18(21,22)23/h3-8,16,24H,2,9H2,1H3. The van der Waals surface area contributed by atoms with Crippen LogP contribution in [0.2, 0.25) is 0 Å². The van der Waals surface area contributed by atoms with E-state index in [1.54, 1.807) is 0 Å². The van der Waals surface area contributed by atoms with E-state index in [9.17, 15) is 31.1 Å². The van der Waals surface area contributed by atoms with Crippen molar-refractivity contribution >= 4 is 9.84 Å². The number of fused-ring (bicyclic) bond motifs is 1. The van der Waals surface area contributed by atoms with Gasteiger partial charge in [-0.25, -0.2) is 17.2 Å². The lowest BCUT2D eigenvalue weighted by molar-refractivity contribution is -0.0439. The molecule has 0 amide bonds. The number of ether oxygens (including phenoxy) is 1. The molecular formula is C18H15F5O4S. The lowest BCUT2D eigenvalue weighted by Crippen LogP contribution is -2.29. The van der Waals surface area contributed by atoms with E-state index in [2.05, 4.69) is 0 Å². The van der Waals surface area contributed by atoms with Crippen molar-refractivity contribution < 1.29 is 40.2 Å². The molecule has 3 rings (SSSR count). The highest BCUT2D eigenvalue weighted by Gasteiger charge is 2.54. The topological polar surface area (TPSA) is 63.6 Å². The molecule has 152 valence electrons. The summed E-state index contributed by atoms with van der Waals surface area (Å²) in [6, 6.07) is 6.25. The number of rotatable bonds is 4. The predicted molar refractivity (Wildman–Crippen MR) is 89.0 cm³/mol. The molecule has 2 atom stereocenters. The van der Waals surface area contributed by atoms with E-state index in [4.69, 9.17) is 4.74 Å². The van der Waals surface area contributed by atoms with Crippen LogP contribution in [0.4, 0.5) is 22.0 Å².